The van der Waals surface area contributed by atoms with Gasteiger partial charge in [-0.3, -0.25) is 4.79 Å². The normalized spacial score (nSPS) is 16.1. The van der Waals surface area contributed by atoms with Crippen molar-refractivity contribution in [1.82, 2.24) is 5.32 Å². The molecule has 4 heteroatoms. The van der Waals surface area contributed by atoms with Crippen LogP contribution >= 0.6 is 0 Å². The third-order valence-corrected chi connectivity index (χ3v) is 3.39. The molecule has 1 aliphatic carbocycles. The number of nitrogens with one attached hydrogen (secondary N) is 1. The van der Waals surface area contributed by atoms with E-state index in [0.29, 0.717) is 6.54 Å². The predicted molar refractivity (Wildman–Crippen MR) is 73.5 cm³/mol. The molecule has 0 saturated heterocycles. The van der Waals surface area contributed by atoms with Crippen molar-refractivity contribution in [2.75, 3.05) is 25.0 Å². The maximum absolute atomic E-state index is 11.6. The molecule has 3 N–H and O–H groups in total. The lowest BCUT2D eigenvalue weighted by atomic mass is 10.2. The molecule has 1 saturated carbocycles. The number of carbonyl (C=O) groups excluding carboxylic acids is 1. The molecule has 0 bridgehead atoms. The van der Waals surface area contributed by atoms with Crippen molar-refractivity contribution in [3.8, 4) is 0 Å². The summed E-state index contributed by atoms with van der Waals surface area (Å²) in [4.78, 5) is 13.8. The smallest absolute Gasteiger partial charge is 0.240 e. The molecule has 18 heavy (non-hydrogen) atoms. The monoisotopic (exact) mass is 247 g/mol. The molecule has 98 valence electrons. The molecule has 1 amide bonds. The molecule has 0 radical (unpaired) electrons. The molecule has 1 aromatic rings. The Morgan fingerprint density at radius 1 is 1.39 bits per heavy atom. The van der Waals surface area contributed by atoms with Gasteiger partial charge in [0.1, 0.15) is 0 Å². The van der Waals surface area contributed by atoms with Gasteiger partial charge in [-0.15, -0.1) is 0 Å². The summed E-state index contributed by atoms with van der Waals surface area (Å²) in [5, 5.41) is 2.90. The highest BCUT2D eigenvalue weighted by atomic mass is 16.2. The Balaban J connectivity index is 1.65. The molecule has 4 nitrogen and oxygen atoms in total. The third-order valence-electron chi connectivity index (χ3n) is 3.39. The number of nitrogens with zero attached hydrogens (tertiary/aromatic N) is 1. The van der Waals surface area contributed by atoms with Crippen molar-refractivity contribution in [3.63, 3.8) is 0 Å². The zero-order valence-electron chi connectivity index (χ0n) is 10.9. The van der Waals surface area contributed by atoms with Gasteiger partial charge in [-0.1, -0.05) is 18.2 Å². The average molecular weight is 247 g/mol. The number of hydrogen-bond donors (Lipinski definition) is 2. The number of nitrogens with two attached hydrogens (primary N) is 1. The van der Waals surface area contributed by atoms with Gasteiger partial charge >= 0.3 is 0 Å². The van der Waals surface area contributed by atoms with Gasteiger partial charge in [0.25, 0.3) is 0 Å². The van der Waals surface area contributed by atoms with Crippen molar-refractivity contribution in [2.45, 2.75) is 24.8 Å². The number of para-hydroxylation sites is 1. The summed E-state index contributed by atoms with van der Waals surface area (Å²) in [6, 6.07) is 10.2. The maximum Gasteiger partial charge on any atom is 0.240 e. The number of hydrogen-bond acceptors (Lipinski definition) is 3. The first-order valence-corrected chi connectivity index (χ1v) is 6.45. The van der Waals surface area contributed by atoms with E-state index in [4.69, 9.17) is 5.73 Å². The molecule has 0 aromatic heterocycles. The number of amides is 1. The molecular formula is C14H21N3O. The molecule has 1 fully saturated rings. The number of rotatable bonds is 6. The summed E-state index contributed by atoms with van der Waals surface area (Å²) >= 11 is 0. The van der Waals surface area contributed by atoms with Crippen molar-refractivity contribution in [1.29, 1.82) is 0 Å². The molecule has 1 aromatic carbocycles. The largest absolute Gasteiger partial charge is 0.375 e. The Bertz CT molecular complexity index is 401. The van der Waals surface area contributed by atoms with Crippen LogP contribution in [0.15, 0.2) is 30.3 Å². The van der Waals surface area contributed by atoms with E-state index in [1.165, 1.54) is 5.69 Å². The Morgan fingerprint density at radius 2 is 2.06 bits per heavy atom. The second kappa shape index (κ2) is 5.40. The van der Waals surface area contributed by atoms with Crippen LogP contribution in [0.25, 0.3) is 0 Å². The minimum absolute atomic E-state index is 0.00450. The van der Waals surface area contributed by atoms with E-state index < -0.39 is 5.54 Å². The molecule has 0 aliphatic heterocycles. The highest BCUT2D eigenvalue weighted by molar-refractivity contribution is 5.88. The average Bonchev–Trinajstić information content (AvgIpc) is 3.14. The van der Waals surface area contributed by atoms with Crippen LogP contribution in [-0.4, -0.2) is 31.6 Å². The summed E-state index contributed by atoms with van der Waals surface area (Å²) in [6.07, 6.45) is 2.57. The molecule has 0 unspecified atom stereocenters. The van der Waals surface area contributed by atoms with Crippen molar-refractivity contribution in [3.05, 3.63) is 30.3 Å². The minimum atomic E-state index is -0.550. The van der Waals surface area contributed by atoms with Crippen LogP contribution in [0.3, 0.4) is 0 Å². The van der Waals surface area contributed by atoms with Crippen LogP contribution in [-0.2, 0) is 4.79 Å². The van der Waals surface area contributed by atoms with Gasteiger partial charge in [0.2, 0.25) is 5.91 Å². The predicted octanol–water partition coefficient (Wildman–Crippen LogP) is 1.12. The van der Waals surface area contributed by atoms with E-state index in [9.17, 15) is 4.79 Å². The van der Waals surface area contributed by atoms with Crippen LogP contribution in [0.5, 0.6) is 0 Å². The summed E-state index contributed by atoms with van der Waals surface area (Å²) in [7, 11) is 2.06. The standard InChI is InChI=1S/C14H21N3O/c1-17(12-6-3-2-4-7-12)11-5-10-16-13(18)14(15)8-9-14/h2-4,6-7H,5,8-11,15H2,1H3,(H,16,18). The highest BCUT2D eigenvalue weighted by Crippen LogP contribution is 2.31. The third kappa shape index (κ3) is 3.23. The summed E-state index contributed by atoms with van der Waals surface area (Å²) < 4.78 is 0. The van der Waals surface area contributed by atoms with Crippen LogP contribution in [0.1, 0.15) is 19.3 Å². The lowest BCUT2D eigenvalue weighted by Gasteiger charge is -2.19. The van der Waals surface area contributed by atoms with E-state index in [-0.39, 0.29) is 5.91 Å². The lowest BCUT2D eigenvalue weighted by molar-refractivity contribution is -0.123. The molecule has 0 spiro atoms. The van der Waals surface area contributed by atoms with E-state index in [2.05, 4.69) is 29.4 Å². The number of benzene rings is 1. The van der Waals surface area contributed by atoms with E-state index in [0.717, 1.165) is 25.8 Å². The van der Waals surface area contributed by atoms with Crippen molar-refractivity contribution in [2.24, 2.45) is 5.73 Å². The number of anilines is 1. The fraction of sp³-hybridized carbons (Fsp3) is 0.500. The van der Waals surface area contributed by atoms with Gasteiger partial charge < -0.3 is 16.0 Å². The first-order valence-electron chi connectivity index (χ1n) is 6.45. The molecule has 0 atom stereocenters. The van der Waals surface area contributed by atoms with Gasteiger partial charge in [0.05, 0.1) is 5.54 Å². The first-order chi connectivity index (χ1) is 8.62. The van der Waals surface area contributed by atoms with Gasteiger partial charge in [0, 0.05) is 25.8 Å². The van der Waals surface area contributed by atoms with Crippen molar-refractivity contribution < 1.29 is 4.79 Å². The highest BCUT2D eigenvalue weighted by Gasteiger charge is 2.45. The zero-order valence-corrected chi connectivity index (χ0v) is 10.9. The lowest BCUT2D eigenvalue weighted by Crippen LogP contribution is -2.43. The second-order valence-corrected chi connectivity index (χ2v) is 5.02. The van der Waals surface area contributed by atoms with Crippen molar-refractivity contribution >= 4 is 11.6 Å². The zero-order chi connectivity index (χ0) is 13.0. The fourth-order valence-corrected chi connectivity index (χ4v) is 1.87. The first kappa shape index (κ1) is 12.9. The molecule has 1 aliphatic rings. The maximum atomic E-state index is 11.6. The Kier molecular flexibility index (Phi) is 3.87. The molecular weight excluding hydrogens is 226 g/mol. The van der Waals surface area contributed by atoms with Crippen LogP contribution < -0.4 is 16.0 Å². The molecule has 2 rings (SSSR count). The van der Waals surface area contributed by atoms with Gasteiger partial charge in [-0.2, -0.15) is 0 Å². The number of carbonyl (C=O) groups is 1. The Labute approximate surface area is 108 Å². The van der Waals surface area contributed by atoms with E-state index >= 15 is 0 Å². The summed E-state index contributed by atoms with van der Waals surface area (Å²) in [5.41, 5.74) is 6.45. The summed E-state index contributed by atoms with van der Waals surface area (Å²) in [6.45, 7) is 1.61. The van der Waals surface area contributed by atoms with Gasteiger partial charge in [0.15, 0.2) is 0 Å². The molecule has 0 heterocycles. The van der Waals surface area contributed by atoms with E-state index in [1.807, 2.05) is 18.2 Å². The Morgan fingerprint density at radius 3 is 2.67 bits per heavy atom. The minimum Gasteiger partial charge on any atom is -0.375 e. The fourth-order valence-electron chi connectivity index (χ4n) is 1.87. The topological polar surface area (TPSA) is 58.4 Å². The van der Waals surface area contributed by atoms with Gasteiger partial charge in [-0.25, -0.2) is 0 Å². The second-order valence-electron chi connectivity index (χ2n) is 5.02. The van der Waals surface area contributed by atoms with Gasteiger partial charge in [-0.05, 0) is 31.4 Å². The quantitative estimate of drug-likeness (QED) is 0.741. The SMILES string of the molecule is CN(CCCNC(=O)C1(N)CC1)c1ccccc1. The van der Waals surface area contributed by atoms with Crippen LogP contribution in [0, 0.1) is 0 Å². The van der Waals surface area contributed by atoms with E-state index in [1.54, 1.807) is 0 Å². The Hall–Kier alpha value is -1.55. The van der Waals surface area contributed by atoms with Crippen LogP contribution in [0.4, 0.5) is 5.69 Å². The summed E-state index contributed by atoms with van der Waals surface area (Å²) in [5.74, 6) is 0.00450. The van der Waals surface area contributed by atoms with Crippen LogP contribution in [0.2, 0.25) is 0 Å².